The molecule has 0 saturated carbocycles. The van der Waals surface area contributed by atoms with Crippen LogP contribution in [0.3, 0.4) is 0 Å². The summed E-state index contributed by atoms with van der Waals surface area (Å²) in [6.07, 6.45) is 1.40. The van der Waals surface area contributed by atoms with E-state index >= 15 is 0 Å². The Morgan fingerprint density at radius 2 is 2.47 bits per heavy atom. The van der Waals surface area contributed by atoms with Gasteiger partial charge in [-0.2, -0.15) is 12.6 Å². The van der Waals surface area contributed by atoms with Crippen LogP contribution >= 0.6 is 24.6 Å². The summed E-state index contributed by atoms with van der Waals surface area (Å²) in [4.78, 5) is 24.6. The average molecular weight is 275 g/mol. The SMILES string of the molecule is O=C(O)C(CS)NSc1ncccc1[N+](=O)[O-]. The number of aromatic nitrogens is 1. The molecule has 0 amide bonds. The normalized spacial score (nSPS) is 12.1. The molecule has 1 unspecified atom stereocenters. The van der Waals surface area contributed by atoms with E-state index in [1.165, 1.54) is 18.3 Å². The zero-order valence-electron chi connectivity index (χ0n) is 8.44. The maximum absolute atomic E-state index is 10.7. The second kappa shape index (κ2) is 6.42. The molecule has 0 aromatic carbocycles. The molecule has 9 heteroatoms. The van der Waals surface area contributed by atoms with E-state index in [1.54, 1.807) is 0 Å². The number of pyridine rings is 1. The highest BCUT2D eigenvalue weighted by Crippen LogP contribution is 2.24. The first-order chi connectivity index (χ1) is 8.06. The molecule has 0 radical (unpaired) electrons. The fourth-order valence-corrected chi connectivity index (χ4v) is 2.06. The molecule has 0 aliphatic carbocycles. The topological polar surface area (TPSA) is 105 Å². The quantitative estimate of drug-likeness (QED) is 0.307. The molecule has 1 atom stereocenters. The van der Waals surface area contributed by atoms with E-state index in [9.17, 15) is 14.9 Å². The summed E-state index contributed by atoms with van der Waals surface area (Å²) in [6, 6.07) is 1.84. The zero-order valence-corrected chi connectivity index (χ0v) is 10.1. The van der Waals surface area contributed by atoms with E-state index in [0.717, 1.165) is 11.9 Å². The van der Waals surface area contributed by atoms with Crippen molar-refractivity contribution in [3.8, 4) is 0 Å². The maximum atomic E-state index is 10.7. The van der Waals surface area contributed by atoms with E-state index in [1.807, 2.05) is 0 Å². The number of hydrogen-bond donors (Lipinski definition) is 3. The number of nitrogens with zero attached hydrogens (tertiary/aromatic N) is 2. The number of carboxylic acids is 1. The van der Waals surface area contributed by atoms with Crippen LogP contribution in [0.25, 0.3) is 0 Å². The number of carbonyl (C=O) groups is 1. The Morgan fingerprint density at radius 1 is 1.76 bits per heavy atom. The number of thiol groups is 1. The maximum Gasteiger partial charge on any atom is 0.322 e. The van der Waals surface area contributed by atoms with E-state index < -0.39 is 16.9 Å². The summed E-state index contributed by atoms with van der Waals surface area (Å²) >= 11 is 4.66. The first-order valence-electron chi connectivity index (χ1n) is 4.41. The number of nitrogens with one attached hydrogen (secondary N) is 1. The summed E-state index contributed by atoms with van der Waals surface area (Å²) < 4.78 is 2.55. The standard InChI is InChI=1S/C8H9N3O4S2/c12-8(13)5(4-16)10-17-7-6(11(14)15)2-1-3-9-7/h1-3,5,10,16H,4H2,(H,12,13). The highest BCUT2D eigenvalue weighted by molar-refractivity contribution is 7.97. The molecular formula is C8H9N3O4S2. The number of nitro groups is 1. The minimum Gasteiger partial charge on any atom is -0.480 e. The lowest BCUT2D eigenvalue weighted by Gasteiger charge is -2.09. The van der Waals surface area contributed by atoms with Crippen LogP contribution < -0.4 is 4.72 Å². The third kappa shape index (κ3) is 3.88. The van der Waals surface area contributed by atoms with Crippen LogP contribution in [-0.4, -0.2) is 32.8 Å². The van der Waals surface area contributed by atoms with E-state index in [-0.39, 0.29) is 16.5 Å². The Kier molecular flexibility index (Phi) is 5.19. The van der Waals surface area contributed by atoms with Crippen LogP contribution in [0.2, 0.25) is 0 Å². The molecule has 1 aromatic rings. The smallest absolute Gasteiger partial charge is 0.322 e. The van der Waals surface area contributed by atoms with Crippen molar-refractivity contribution in [1.29, 1.82) is 0 Å². The molecule has 0 aliphatic rings. The second-order valence-corrected chi connectivity index (χ2v) is 4.07. The first kappa shape index (κ1) is 13.7. The van der Waals surface area contributed by atoms with Crippen molar-refractivity contribution < 1.29 is 14.8 Å². The molecule has 0 saturated heterocycles. The van der Waals surface area contributed by atoms with Gasteiger partial charge in [-0.15, -0.1) is 0 Å². The summed E-state index contributed by atoms with van der Waals surface area (Å²) in [5.41, 5.74) is -0.173. The number of rotatable bonds is 6. The lowest BCUT2D eigenvalue weighted by atomic mass is 10.4. The van der Waals surface area contributed by atoms with E-state index in [4.69, 9.17) is 5.11 Å². The molecule has 7 nitrogen and oxygen atoms in total. The Balaban J connectivity index is 2.75. The summed E-state index contributed by atoms with van der Waals surface area (Å²) in [5.74, 6) is -1.01. The van der Waals surface area contributed by atoms with Gasteiger partial charge in [-0.05, 0) is 18.0 Å². The summed E-state index contributed by atoms with van der Waals surface area (Å²) in [5, 5.41) is 19.5. The van der Waals surface area contributed by atoms with Gasteiger partial charge in [-0.3, -0.25) is 14.9 Å². The van der Waals surface area contributed by atoms with Gasteiger partial charge in [0.2, 0.25) is 0 Å². The predicted octanol–water partition coefficient (Wildman–Crippen LogP) is 0.970. The van der Waals surface area contributed by atoms with Gasteiger partial charge in [-0.25, -0.2) is 9.71 Å². The van der Waals surface area contributed by atoms with Gasteiger partial charge < -0.3 is 5.11 Å². The zero-order chi connectivity index (χ0) is 12.8. The molecule has 2 N–H and O–H groups in total. The minimum absolute atomic E-state index is 0.0724. The van der Waals surface area contributed by atoms with Crippen molar-refractivity contribution in [2.24, 2.45) is 0 Å². The summed E-state index contributed by atoms with van der Waals surface area (Å²) in [7, 11) is 0. The van der Waals surface area contributed by atoms with Crippen molar-refractivity contribution >= 4 is 36.2 Å². The third-order valence-electron chi connectivity index (χ3n) is 1.73. The Hall–Kier alpha value is -1.32. The van der Waals surface area contributed by atoms with E-state index in [2.05, 4.69) is 22.3 Å². The molecule has 0 bridgehead atoms. The molecule has 17 heavy (non-hydrogen) atoms. The minimum atomic E-state index is -1.08. The average Bonchev–Trinajstić information content (AvgIpc) is 2.29. The van der Waals surface area contributed by atoms with Gasteiger partial charge in [-0.1, -0.05) is 0 Å². The van der Waals surface area contributed by atoms with Crippen LogP contribution in [0.15, 0.2) is 23.4 Å². The van der Waals surface area contributed by atoms with Crippen LogP contribution in [0.4, 0.5) is 5.69 Å². The van der Waals surface area contributed by atoms with Gasteiger partial charge >= 0.3 is 11.7 Å². The molecule has 1 rings (SSSR count). The van der Waals surface area contributed by atoms with Gasteiger partial charge in [0, 0.05) is 18.0 Å². The molecule has 1 aromatic heterocycles. The monoisotopic (exact) mass is 275 g/mol. The summed E-state index contributed by atoms with van der Waals surface area (Å²) in [6.45, 7) is 0. The largest absolute Gasteiger partial charge is 0.480 e. The third-order valence-corrected chi connectivity index (χ3v) is 3.00. The second-order valence-electron chi connectivity index (χ2n) is 2.88. The van der Waals surface area contributed by atoms with Crippen molar-refractivity contribution in [3.05, 3.63) is 28.4 Å². The fourth-order valence-electron chi connectivity index (χ4n) is 0.893. The molecule has 92 valence electrons. The van der Waals surface area contributed by atoms with Crippen molar-refractivity contribution in [1.82, 2.24) is 9.71 Å². The van der Waals surface area contributed by atoms with Crippen molar-refractivity contribution in [2.45, 2.75) is 11.1 Å². The highest BCUT2D eigenvalue weighted by Gasteiger charge is 2.19. The molecule has 1 heterocycles. The molecule has 0 aliphatic heterocycles. The van der Waals surface area contributed by atoms with Crippen LogP contribution in [0.5, 0.6) is 0 Å². The van der Waals surface area contributed by atoms with Crippen LogP contribution in [0.1, 0.15) is 0 Å². The van der Waals surface area contributed by atoms with Gasteiger partial charge in [0.15, 0.2) is 5.03 Å². The van der Waals surface area contributed by atoms with Crippen molar-refractivity contribution in [3.63, 3.8) is 0 Å². The molecule has 0 fully saturated rings. The Morgan fingerprint density at radius 3 is 3.00 bits per heavy atom. The number of carboxylic acid groups (broad SMARTS) is 1. The van der Waals surface area contributed by atoms with E-state index in [0.29, 0.717) is 0 Å². The lowest BCUT2D eigenvalue weighted by Crippen LogP contribution is -2.33. The molecular weight excluding hydrogens is 266 g/mol. The number of aliphatic carboxylic acids is 1. The Bertz CT molecular complexity index is 429. The Labute approximate surface area is 106 Å². The number of hydrogen-bond acceptors (Lipinski definition) is 7. The molecule has 0 spiro atoms. The van der Waals surface area contributed by atoms with Gasteiger partial charge in [0.25, 0.3) is 0 Å². The van der Waals surface area contributed by atoms with Gasteiger partial charge in [0.05, 0.1) is 4.92 Å². The highest BCUT2D eigenvalue weighted by atomic mass is 32.2. The van der Waals surface area contributed by atoms with Crippen LogP contribution in [-0.2, 0) is 4.79 Å². The predicted molar refractivity (Wildman–Crippen MR) is 65.2 cm³/mol. The van der Waals surface area contributed by atoms with Crippen LogP contribution in [0, 0.1) is 10.1 Å². The fraction of sp³-hybridized carbons (Fsp3) is 0.250. The van der Waals surface area contributed by atoms with Gasteiger partial charge in [0.1, 0.15) is 6.04 Å². The first-order valence-corrected chi connectivity index (χ1v) is 5.86. The van der Waals surface area contributed by atoms with Crippen molar-refractivity contribution in [2.75, 3.05) is 5.75 Å². The lowest BCUT2D eigenvalue weighted by molar-refractivity contribution is -0.388.